The van der Waals surface area contributed by atoms with Gasteiger partial charge in [-0.05, 0) is 37.4 Å². The first-order valence-corrected chi connectivity index (χ1v) is 7.10. The quantitative estimate of drug-likeness (QED) is 0.857. The molecule has 0 bridgehead atoms. The summed E-state index contributed by atoms with van der Waals surface area (Å²) >= 11 is 0. The van der Waals surface area contributed by atoms with Crippen LogP contribution in [0.5, 0.6) is 0 Å². The smallest absolute Gasteiger partial charge is 0.259 e. The van der Waals surface area contributed by atoms with Gasteiger partial charge in [-0.25, -0.2) is 0 Å². The van der Waals surface area contributed by atoms with Gasteiger partial charge in [-0.1, -0.05) is 5.16 Å². The summed E-state index contributed by atoms with van der Waals surface area (Å²) < 4.78 is 5.23. The number of pyridine rings is 1. The van der Waals surface area contributed by atoms with E-state index in [0.29, 0.717) is 29.7 Å². The molecule has 2 aromatic rings. The Hall–Kier alpha value is -1.99. The number of aromatic amines is 1. The molecule has 112 valence electrons. The van der Waals surface area contributed by atoms with Crippen LogP contribution < -0.4 is 5.56 Å². The molecule has 0 unspecified atom stereocenters. The molecule has 1 aliphatic heterocycles. The van der Waals surface area contributed by atoms with Gasteiger partial charge in [-0.15, -0.1) is 0 Å². The molecule has 0 spiro atoms. The minimum atomic E-state index is -0.233. The van der Waals surface area contributed by atoms with Crippen LogP contribution in [0.3, 0.4) is 0 Å². The number of nitrogens with one attached hydrogen (secondary N) is 1. The summed E-state index contributed by atoms with van der Waals surface area (Å²) in [5, 5.41) is 13.1. The lowest BCUT2D eigenvalue weighted by Crippen LogP contribution is -2.36. The van der Waals surface area contributed by atoms with Crippen molar-refractivity contribution < 1.29 is 9.63 Å². The van der Waals surface area contributed by atoms with Crippen LogP contribution in [-0.4, -0.2) is 44.8 Å². The topological polar surface area (TPSA) is 95.2 Å². The van der Waals surface area contributed by atoms with Crippen molar-refractivity contribution in [2.45, 2.75) is 19.4 Å². The number of likely N-dealkylation sites (tertiary alicyclic amines) is 1. The van der Waals surface area contributed by atoms with Gasteiger partial charge in [0.1, 0.15) is 0 Å². The highest BCUT2D eigenvalue weighted by molar-refractivity contribution is 5.51. The SMILES string of the molecule is O=c1[nH]cccc1-c1noc(CN2CCC[C@H](CO)C2)n1. The summed E-state index contributed by atoms with van der Waals surface area (Å²) in [4.78, 5) is 20.7. The van der Waals surface area contributed by atoms with Crippen LogP contribution in [0.1, 0.15) is 18.7 Å². The molecule has 7 heteroatoms. The Morgan fingerprint density at radius 1 is 1.52 bits per heavy atom. The summed E-state index contributed by atoms with van der Waals surface area (Å²) in [6.07, 6.45) is 3.68. The number of H-pyrrole nitrogens is 1. The van der Waals surface area contributed by atoms with Gasteiger partial charge < -0.3 is 14.6 Å². The van der Waals surface area contributed by atoms with E-state index in [0.717, 1.165) is 25.9 Å². The second-order valence-corrected chi connectivity index (χ2v) is 5.35. The largest absolute Gasteiger partial charge is 0.396 e. The summed E-state index contributed by atoms with van der Waals surface area (Å²) in [6.45, 7) is 2.56. The Bertz CT molecular complexity index is 651. The van der Waals surface area contributed by atoms with Crippen molar-refractivity contribution in [2.75, 3.05) is 19.7 Å². The van der Waals surface area contributed by atoms with Crippen LogP contribution in [0, 0.1) is 5.92 Å². The summed E-state index contributed by atoms with van der Waals surface area (Å²) in [6, 6.07) is 3.39. The third-order valence-corrected chi connectivity index (χ3v) is 3.75. The number of aliphatic hydroxyl groups is 1. The van der Waals surface area contributed by atoms with Gasteiger partial charge in [-0.2, -0.15) is 4.98 Å². The highest BCUT2D eigenvalue weighted by atomic mass is 16.5. The molecule has 1 fully saturated rings. The van der Waals surface area contributed by atoms with Crippen LogP contribution in [0.25, 0.3) is 11.4 Å². The molecular formula is C14H18N4O3. The van der Waals surface area contributed by atoms with Crippen molar-refractivity contribution in [2.24, 2.45) is 5.92 Å². The molecule has 2 aromatic heterocycles. The van der Waals surface area contributed by atoms with Crippen molar-refractivity contribution in [3.8, 4) is 11.4 Å². The number of aromatic nitrogens is 3. The molecule has 0 amide bonds. The average Bonchev–Trinajstić information content (AvgIpc) is 2.96. The zero-order valence-corrected chi connectivity index (χ0v) is 11.7. The van der Waals surface area contributed by atoms with Crippen molar-refractivity contribution >= 4 is 0 Å². The van der Waals surface area contributed by atoms with E-state index in [-0.39, 0.29) is 12.2 Å². The van der Waals surface area contributed by atoms with Crippen molar-refractivity contribution in [1.82, 2.24) is 20.0 Å². The van der Waals surface area contributed by atoms with E-state index >= 15 is 0 Å². The number of rotatable bonds is 4. The summed E-state index contributed by atoms with van der Waals surface area (Å²) in [5.41, 5.74) is 0.169. The molecule has 0 saturated carbocycles. The number of nitrogens with zero attached hydrogens (tertiary/aromatic N) is 3. The van der Waals surface area contributed by atoms with Crippen LogP contribution in [0.15, 0.2) is 27.6 Å². The lowest BCUT2D eigenvalue weighted by Gasteiger charge is -2.30. The molecule has 1 saturated heterocycles. The van der Waals surface area contributed by atoms with Gasteiger partial charge in [0.15, 0.2) is 0 Å². The van der Waals surface area contributed by atoms with Gasteiger partial charge in [0.25, 0.3) is 5.56 Å². The normalized spacial score (nSPS) is 19.8. The fourth-order valence-electron chi connectivity index (χ4n) is 2.66. The Morgan fingerprint density at radius 2 is 2.43 bits per heavy atom. The highest BCUT2D eigenvalue weighted by Crippen LogP contribution is 2.18. The molecule has 3 heterocycles. The zero-order chi connectivity index (χ0) is 14.7. The van der Waals surface area contributed by atoms with Gasteiger partial charge in [0.05, 0.1) is 12.1 Å². The Balaban J connectivity index is 1.71. The number of hydrogen-bond donors (Lipinski definition) is 2. The van der Waals surface area contributed by atoms with Gasteiger partial charge >= 0.3 is 0 Å². The van der Waals surface area contributed by atoms with E-state index in [1.807, 2.05) is 0 Å². The number of aliphatic hydroxyl groups excluding tert-OH is 1. The minimum absolute atomic E-state index is 0.213. The number of piperidine rings is 1. The van der Waals surface area contributed by atoms with E-state index in [2.05, 4.69) is 20.0 Å². The lowest BCUT2D eigenvalue weighted by molar-refractivity contribution is 0.107. The van der Waals surface area contributed by atoms with E-state index in [9.17, 15) is 9.90 Å². The molecule has 0 radical (unpaired) electrons. The van der Waals surface area contributed by atoms with E-state index in [1.54, 1.807) is 18.3 Å². The average molecular weight is 290 g/mol. The van der Waals surface area contributed by atoms with Crippen molar-refractivity contribution in [3.05, 3.63) is 34.6 Å². The maximum Gasteiger partial charge on any atom is 0.259 e. The first kappa shape index (κ1) is 14.0. The Morgan fingerprint density at radius 3 is 3.24 bits per heavy atom. The standard InChI is InChI=1S/C14H18N4O3/c19-9-10-3-2-6-18(7-10)8-12-16-13(17-21-12)11-4-1-5-15-14(11)20/h1,4-5,10,19H,2-3,6-9H2,(H,15,20)/t10-/m0/s1. The van der Waals surface area contributed by atoms with Gasteiger partial charge in [0, 0.05) is 19.3 Å². The predicted octanol–water partition coefficient (Wildman–Crippen LogP) is 0.629. The van der Waals surface area contributed by atoms with Crippen LogP contribution in [0.4, 0.5) is 0 Å². The third kappa shape index (κ3) is 3.20. The second kappa shape index (κ2) is 6.19. The molecule has 0 aliphatic carbocycles. The first-order valence-electron chi connectivity index (χ1n) is 7.10. The van der Waals surface area contributed by atoms with E-state index < -0.39 is 0 Å². The second-order valence-electron chi connectivity index (χ2n) is 5.35. The molecule has 7 nitrogen and oxygen atoms in total. The summed E-state index contributed by atoms with van der Waals surface area (Å²) in [5.74, 6) is 1.12. The minimum Gasteiger partial charge on any atom is -0.396 e. The summed E-state index contributed by atoms with van der Waals surface area (Å²) in [7, 11) is 0. The van der Waals surface area contributed by atoms with Crippen molar-refractivity contribution in [3.63, 3.8) is 0 Å². The lowest BCUT2D eigenvalue weighted by atomic mass is 9.99. The first-order chi connectivity index (χ1) is 10.3. The maximum atomic E-state index is 11.7. The molecule has 3 rings (SSSR count). The molecule has 1 aliphatic rings. The molecular weight excluding hydrogens is 272 g/mol. The fraction of sp³-hybridized carbons (Fsp3) is 0.500. The van der Waals surface area contributed by atoms with Crippen molar-refractivity contribution in [1.29, 1.82) is 0 Å². The monoisotopic (exact) mass is 290 g/mol. The highest BCUT2D eigenvalue weighted by Gasteiger charge is 2.21. The number of hydrogen-bond acceptors (Lipinski definition) is 6. The maximum absolute atomic E-state index is 11.7. The Labute approximate surface area is 121 Å². The van der Waals surface area contributed by atoms with Gasteiger partial charge in [-0.3, -0.25) is 9.69 Å². The van der Waals surface area contributed by atoms with Gasteiger partial charge in [0.2, 0.25) is 11.7 Å². The molecule has 2 N–H and O–H groups in total. The third-order valence-electron chi connectivity index (χ3n) is 3.75. The zero-order valence-electron chi connectivity index (χ0n) is 11.7. The van der Waals surface area contributed by atoms with E-state index in [4.69, 9.17) is 4.52 Å². The fourth-order valence-corrected chi connectivity index (χ4v) is 2.66. The van der Waals surface area contributed by atoms with Crippen LogP contribution in [0.2, 0.25) is 0 Å². The predicted molar refractivity (Wildman–Crippen MR) is 75.4 cm³/mol. The van der Waals surface area contributed by atoms with Crippen LogP contribution >= 0.6 is 0 Å². The molecule has 0 aromatic carbocycles. The Kier molecular flexibility index (Phi) is 4.12. The molecule has 21 heavy (non-hydrogen) atoms. The molecule has 1 atom stereocenters. The van der Waals surface area contributed by atoms with E-state index in [1.165, 1.54) is 0 Å². The van der Waals surface area contributed by atoms with Crippen LogP contribution in [-0.2, 0) is 6.54 Å².